The van der Waals surface area contributed by atoms with Crippen LogP contribution in [0.5, 0.6) is 0 Å². The number of nitrogens with one attached hydrogen (secondary N) is 2. The number of amides is 1. The summed E-state index contributed by atoms with van der Waals surface area (Å²) in [4.78, 5) is 11.9. The quantitative estimate of drug-likeness (QED) is 0.836. The first-order valence-corrected chi connectivity index (χ1v) is 6.76. The van der Waals surface area contributed by atoms with Gasteiger partial charge in [-0.3, -0.25) is 4.79 Å². The smallest absolute Gasteiger partial charge is 0.220 e. The third kappa shape index (κ3) is 4.18. The van der Waals surface area contributed by atoms with Crippen molar-refractivity contribution >= 4 is 5.91 Å². The van der Waals surface area contributed by atoms with E-state index in [1.807, 2.05) is 19.1 Å². The van der Waals surface area contributed by atoms with Gasteiger partial charge in [0.2, 0.25) is 5.91 Å². The van der Waals surface area contributed by atoms with Crippen LogP contribution >= 0.6 is 0 Å². The Morgan fingerprint density at radius 2 is 2.56 bits per heavy atom. The van der Waals surface area contributed by atoms with Gasteiger partial charge < -0.3 is 15.1 Å². The molecule has 1 aromatic rings. The number of carbonyl (C=O) groups is 1. The van der Waals surface area contributed by atoms with E-state index in [0.29, 0.717) is 12.3 Å². The maximum atomic E-state index is 11.9. The second kappa shape index (κ2) is 6.59. The molecule has 2 unspecified atom stereocenters. The zero-order chi connectivity index (χ0) is 12.8. The first kappa shape index (κ1) is 13.1. The third-order valence-electron chi connectivity index (χ3n) is 3.37. The largest absolute Gasteiger partial charge is 0.469 e. The number of piperidine rings is 1. The molecule has 0 spiro atoms. The first-order valence-electron chi connectivity index (χ1n) is 6.76. The van der Waals surface area contributed by atoms with Crippen molar-refractivity contribution in [1.29, 1.82) is 0 Å². The molecule has 2 N–H and O–H groups in total. The molecule has 0 aromatic carbocycles. The standard InChI is InChI=1S/C14H22N2O2/c1-11(8-13-5-3-7-18-13)16-14(17)9-12-4-2-6-15-10-12/h3,5,7,11-12,15H,2,4,6,8-10H2,1H3,(H,16,17). The van der Waals surface area contributed by atoms with Crippen molar-refractivity contribution < 1.29 is 9.21 Å². The van der Waals surface area contributed by atoms with Gasteiger partial charge in [-0.05, 0) is 50.9 Å². The van der Waals surface area contributed by atoms with Gasteiger partial charge in [0.15, 0.2) is 0 Å². The van der Waals surface area contributed by atoms with Gasteiger partial charge in [0.05, 0.1) is 6.26 Å². The molecule has 1 aromatic heterocycles. The Bertz CT molecular complexity index is 356. The van der Waals surface area contributed by atoms with Crippen LogP contribution in [0.3, 0.4) is 0 Å². The van der Waals surface area contributed by atoms with E-state index in [1.54, 1.807) is 6.26 Å². The summed E-state index contributed by atoms with van der Waals surface area (Å²) in [5.41, 5.74) is 0. The Hall–Kier alpha value is -1.29. The normalized spacial score (nSPS) is 21.5. The Kier molecular flexibility index (Phi) is 4.81. The van der Waals surface area contributed by atoms with Gasteiger partial charge in [-0.2, -0.15) is 0 Å². The van der Waals surface area contributed by atoms with Crippen molar-refractivity contribution in [3.8, 4) is 0 Å². The fourth-order valence-electron chi connectivity index (χ4n) is 2.48. The molecule has 1 saturated heterocycles. The summed E-state index contributed by atoms with van der Waals surface area (Å²) in [6.45, 7) is 4.08. The lowest BCUT2D eigenvalue weighted by Gasteiger charge is -2.23. The summed E-state index contributed by atoms with van der Waals surface area (Å²) < 4.78 is 5.27. The van der Waals surface area contributed by atoms with Crippen LogP contribution in [0.15, 0.2) is 22.8 Å². The Labute approximate surface area is 108 Å². The molecule has 0 saturated carbocycles. The summed E-state index contributed by atoms with van der Waals surface area (Å²) in [5, 5.41) is 6.37. The molecule has 4 nitrogen and oxygen atoms in total. The van der Waals surface area contributed by atoms with Crippen LogP contribution in [0, 0.1) is 5.92 Å². The van der Waals surface area contributed by atoms with E-state index in [9.17, 15) is 4.79 Å². The fourth-order valence-corrected chi connectivity index (χ4v) is 2.48. The van der Waals surface area contributed by atoms with E-state index in [4.69, 9.17) is 4.42 Å². The number of hydrogen-bond donors (Lipinski definition) is 2. The van der Waals surface area contributed by atoms with E-state index in [-0.39, 0.29) is 11.9 Å². The molecule has 100 valence electrons. The van der Waals surface area contributed by atoms with Crippen molar-refractivity contribution in [1.82, 2.24) is 10.6 Å². The van der Waals surface area contributed by atoms with Crippen LogP contribution in [0.4, 0.5) is 0 Å². The minimum atomic E-state index is 0.125. The summed E-state index contributed by atoms with van der Waals surface area (Å²) in [6.07, 6.45) is 5.39. The average Bonchev–Trinajstić information content (AvgIpc) is 2.82. The Morgan fingerprint density at radius 3 is 3.22 bits per heavy atom. The zero-order valence-electron chi connectivity index (χ0n) is 10.9. The predicted octanol–water partition coefficient (Wildman–Crippen LogP) is 1.72. The van der Waals surface area contributed by atoms with Gasteiger partial charge in [0, 0.05) is 18.9 Å². The molecule has 2 heterocycles. The summed E-state index contributed by atoms with van der Waals surface area (Å²) in [7, 11) is 0. The molecule has 1 aliphatic heterocycles. The average molecular weight is 250 g/mol. The highest BCUT2D eigenvalue weighted by Crippen LogP contribution is 2.14. The van der Waals surface area contributed by atoms with E-state index in [1.165, 1.54) is 6.42 Å². The van der Waals surface area contributed by atoms with Gasteiger partial charge >= 0.3 is 0 Å². The van der Waals surface area contributed by atoms with Crippen LogP contribution in [-0.2, 0) is 11.2 Å². The first-order chi connectivity index (χ1) is 8.74. The number of hydrogen-bond acceptors (Lipinski definition) is 3. The minimum absolute atomic E-state index is 0.125. The Balaban J connectivity index is 1.69. The molecule has 2 atom stereocenters. The van der Waals surface area contributed by atoms with E-state index in [2.05, 4.69) is 10.6 Å². The van der Waals surface area contributed by atoms with Gasteiger partial charge in [-0.15, -0.1) is 0 Å². The highest BCUT2D eigenvalue weighted by Gasteiger charge is 2.18. The van der Waals surface area contributed by atoms with Crippen molar-refractivity contribution in [2.75, 3.05) is 13.1 Å². The van der Waals surface area contributed by atoms with Crippen molar-refractivity contribution in [2.45, 2.75) is 38.6 Å². The van der Waals surface area contributed by atoms with Gasteiger partial charge in [-0.1, -0.05) is 0 Å². The maximum Gasteiger partial charge on any atom is 0.220 e. The Morgan fingerprint density at radius 1 is 1.67 bits per heavy atom. The maximum absolute atomic E-state index is 11.9. The lowest BCUT2D eigenvalue weighted by molar-refractivity contribution is -0.122. The molecule has 0 bridgehead atoms. The van der Waals surface area contributed by atoms with Crippen LogP contribution in [0.25, 0.3) is 0 Å². The number of carbonyl (C=O) groups excluding carboxylic acids is 1. The van der Waals surface area contributed by atoms with Crippen molar-refractivity contribution in [2.24, 2.45) is 5.92 Å². The molecule has 0 radical (unpaired) electrons. The monoisotopic (exact) mass is 250 g/mol. The van der Waals surface area contributed by atoms with E-state index >= 15 is 0 Å². The highest BCUT2D eigenvalue weighted by molar-refractivity contribution is 5.76. The molecule has 2 rings (SSSR count). The van der Waals surface area contributed by atoms with Gasteiger partial charge in [0.1, 0.15) is 5.76 Å². The SMILES string of the molecule is CC(Cc1ccco1)NC(=O)CC1CCCNC1. The second-order valence-corrected chi connectivity index (χ2v) is 5.17. The van der Waals surface area contributed by atoms with Gasteiger partial charge in [-0.25, -0.2) is 0 Å². The minimum Gasteiger partial charge on any atom is -0.469 e. The number of furan rings is 1. The van der Waals surface area contributed by atoms with Gasteiger partial charge in [0.25, 0.3) is 0 Å². The summed E-state index contributed by atoms with van der Waals surface area (Å²) >= 11 is 0. The third-order valence-corrected chi connectivity index (χ3v) is 3.37. The molecule has 18 heavy (non-hydrogen) atoms. The van der Waals surface area contributed by atoms with E-state index < -0.39 is 0 Å². The molecular weight excluding hydrogens is 228 g/mol. The highest BCUT2D eigenvalue weighted by atomic mass is 16.3. The lowest BCUT2D eigenvalue weighted by atomic mass is 9.96. The summed E-state index contributed by atoms with van der Waals surface area (Å²) in [6, 6.07) is 3.94. The molecule has 1 aliphatic rings. The fraction of sp³-hybridized carbons (Fsp3) is 0.643. The van der Waals surface area contributed by atoms with Crippen LogP contribution in [0.1, 0.15) is 31.9 Å². The van der Waals surface area contributed by atoms with Crippen molar-refractivity contribution in [3.05, 3.63) is 24.2 Å². The van der Waals surface area contributed by atoms with Crippen molar-refractivity contribution in [3.63, 3.8) is 0 Å². The molecular formula is C14H22N2O2. The van der Waals surface area contributed by atoms with E-state index in [0.717, 1.165) is 31.7 Å². The van der Waals surface area contributed by atoms with Crippen LogP contribution < -0.4 is 10.6 Å². The molecule has 0 aliphatic carbocycles. The van der Waals surface area contributed by atoms with Crippen LogP contribution in [0.2, 0.25) is 0 Å². The topological polar surface area (TPSA) is 54.3 Å². The summed E-state index contributed by atoms with van der Waals surface area (Å²) in [5.74, 6) is 1.57. The predicted molar refractivity (Wildman–Crippen MR) is 70.2 cm³/mol. The molecule has 1 fully saturated rings. The van der Waals surface area contributed by atoms with Crippen LogP contribution in [-0.4, -0.2) is 25.0 Å². The second-order valence-electron chi connectivity index (χ2n) is 5.17. The lowest BCUT2D eigenvalue weighted by Crippen LogP contribution is -2.38. The molecule has 4 heteroatoms. The number of rotatable bonds is 5. The molecule has 1 amide bonds. The zero-order valence-corrected chi connectivity index (χ0v) is 10.9.